The van der Waals surface area contributed by atoms with Crippen LogP contribution in [0.4, 0.5) is 0 Å². The Balaban J connectivity index is 2.54. The highest BCUT2D eigenvalue weighted by Crippen LogP contribution is 2.12. The fraction of sp³-hybridized carbons (Fsp3) is 0.250. The highest BCUT2D eigenvalue weighted by Gasteiger charge is 2.10. The van der Waals surface area contributed by atoms with Crippen molar-refractivity contribution in [2.75, 3.05) is 0 Å². The Hall–Kier alpha value is -1.60. The van der Waals surface area contributed by atoms with Crippen molar-refractivity contribution in [2.45, 2.75) is 11.8 Å². The fourth-order valence-electron chi connectivity index (χ4n) is 1.54. The van der Waals surface area contributed by atoms with Gasteiger partial charge in [-0.25, -0.2) is 0 Å². The molecule has 0 fully saturated rings. The summed E-state index contributed by atoms with van der Waals surface area (Å²) in [4.78, 5) is 0.211. The van der Waals surface area contributed by atoms with Crippen LogP contribution in [0.3, 0.4) is 0 Å². The SMILES string of the molecule is Cc1ccc(S(=O)(=O)N=S=c2n(C)ccn2C)cc1. The van der Waals surface area contributed by atoms with Gasteiger partial charge in [-0.15, -0.1) is 0 Å². The van der Waals surface area contributed by atoms with Crippen LogP contribution in [0.15, 0.2) is 45.3 Å². The zero-order valence-corrected chi connectivity index (χ0v) is 12.6. The maximum Gasteiger partial charge on any atom is 0.292 e. The standard InChI is InChI=1S/C12H15N3O2S2/c1-10-4-6-11(7-5-10)19(16,17)13-18-12-14(2)8-9-15(12)3/h4-9H,1-3H3. The molecule has 0 saturated carbocycles. The molecule has 19 heavy (non-hydrogen) atoms. The van der Waals surface area contributed by atoms with Crippen LogP contribution < -0.4 is 0 Å². The number of imidazole rings is 1. The summed E-state index contributed by atoms with van der Waals surface area (Å²) in [7, 11) is 0.0619. The Kier molecular flexibility index (Phi) is 3.77. The highest BCUT2D eigenvalue weighted by atomic mass is 32.2. The third-order valence-corrected chi connectivity index (χ3v) is 5.34. The van der Waals surface area contributed by atoms with Gasteiger partial charge in [0.2, 0.25) is 0 Å². The van der Waals surface area contributed by atoms with E-state index in [-0.39, 0.29) is 4.90 Å². The van der Waals surface area contributed by atoms with Crippen LogP contribution in [0.1, 0.15) is 5.56 Å². The third-order valence-electron chi connectivity index (χ3n) is 2.65. The summed E-state index contributed by atoms with van der Waals surface area (Å²) in [5.41, 5.74) is 1.01. The number of nitrogens with zero attached hydrogens (tertiary/aromatic N) is 3. The molecule has 0 unspecified atom stereocenters. The van der Waals surface area contributed by atoms with Gasteiger partial charge in [0.15, 0.2) is 4.77 Å². The van der Waals surface area contributed by atoms with Gasteiger partial charge in [0.05, 0.1) is 4.90 Å². The summed E-state index contributed by atoms with van der Waals surface area (Å²) in [6.45, 7) is 1.91. The van der Waals surface area contributed by atoms with Gasteiger partial charge in [0.25, 0.3) is 10.0 Å². The molecule has 0 aliphatic rings. The van der Waals surface area contributed by atoms with Crippen molar-refractivity contribution >= 4 is 21.2 Å². The number of hydrogen-bond donors (Lipinski definition) is 0. The summed E-state index contributed by atoms with van der Waals surface area (Å²) < 4.78 is 32.3. The van der Waals surface area contributed by atoms with Crippen LogP contribution >= 0.6 is 0 Å². The summed E-state index contributed by atoms with van der Waals surface area (Å²) in [6.07, 6.45) is 3.69. The van der Waals surface area contributed by atoms with Gasteiger partial charge in [-0.3, -0.25) is 0 Å². The summed E-state index contributed by atoms with van der Waals surface area (Å²) in [6, 6.07) is 6.66. The summed E-state index contributed by atoms with van der Waals surface area (Å²) >= 11 is 0.949. The minimum Gasteiger partial charge on any atom is -0.326 e. The lowest BCUT2D eigenvalue weighted by atomic mass is 10.2. The second-order valence-electron chi connectivity index (χ2n) is 4.26. The second kappa shape index (κ2) is 5.18. The van der Waals surface area contributed by atoms with Gasteiger partial charge in [-0.05, 0) is 19.1 Å². The van der Waals surface area contributed by atoms with E-state index in [0.29, 0.717) is 0 Å². The minimum atomic E-state index is -3.63. The minimum absolute atomic E-state index is 0.211. The van der Waals surface area contributed by atoms with Crippen LogP contribution in [0.2, 0.25) is 0 Å². The first-order valence-corrected chi connectivity index (χ1v) is 7.83. The van der Waals surface area contributed by atoms with E-state index in [1.165, 1.54) is 0 Å². The van der Waals surface area contributed by atoms with Crippen LogP contribution in [-0.2, 0) is 35.3 Å². The van der Waals surface area contributed by atoms with Crippen molar-refractivity contribution in [1.82, 2.24) is 9.13 Å². The lowest BCUT2D eigenvalue weighted by molar-refractivity contribution is 0.598. The molecule has 0 radical (unpaired) electrons. The normalized spacial score (nSPS) is 11.3. The van der Waals surface area contributed by atoms with Crippen molar-refractivity contribution in [3.05, 3.63) is 47.0 Å². The lowest BCUT2D eigenvalue weighted by Crippen LogP contribution is -1.97. The lowest BCUT2D eigenvalue weighted by Gasteiger charge is -1.97. The number of rotatable bonds is 2. The van der Waals surface area contributed by atoms with Crippen LogP contribution in [0.5, 0.6) is 0 Å². The van der Waals surface area contributed by atoms with Crippen molar-refractivity contribution in [3.8, 4) is 0 Å². The van der Waals surface area contributed by atoms with Crippen molar-refractivity contribution in [3.63, 3.8) is 0 Å². The van der Waals surface area contributed by atoms with Crippen molar-refractivity contribution in [1.29, 1.82) is 0 Å². The number of aryl methyl sites for hydroxylation is 3. The summed E-state index contributed by atoms with van der Waals surface area (Å²) in [5, 5.41) is 0. The maximum atomic E-state index is 12.1. The van der Waals surface area contributed by atoms with Crippen LogP contribution in [0.25, 0.3) is 0 Å². The average Bonchev–Trinajstić information content (AvgIpc) is 2.67. The zero-order chi connectivity index (χ0) is 14.0. The molecule has 0 spiro atoms. The Morgan fingerprint density at radius 2 is 1.58 bits per heavy atom. The van der Waals surface area contributed by atoms with Gasteiger partial charge >= 0.3 is 0 Å². The molecule has 1 aromatic heterocycles. The van der Waals surface area contributed by atoms with Gasteiger partial charge in [0.1, 0.15) is 0 Å². The van der Waals surface area contributed by atoms with Gasteiger partial charge in [-0.1, -0.05) is 21.5 Å². The number of aromatic nitrogens is 2. The molecule has 1 aromatic carbocycles. The quantitative estimate of drug-likeness (QED) is 0.794. The number of benzene rings is 1. The molecule has 7 heteroatoms. The van der Waals surface area contributed by atoms with E-state index in [1.807, 2.05) is 42.5 Å². The molecule has 5 nitrogen and oxygen atoms in total. The van der Waals surface area contributed by atoms with Crippen LogP contribution in [0, 0.1) is 11.7 Å². The highest BCUT2D eigenvalue weighted by molar-refractivity contribution is 7.93. The zero-order valence-electron chi connectivity index (χ0n) is 10.9. The fourth-order valence-corrected chi connectivity index (χ4v) is 3.40. The molecule has 0 atom stereocenters. The molecular formula is C12H15N3O2S2. The Morgan fingerprint density at radius 3 is 2.11 bits per heavy atom. The van der Waals surface area contributed by atoms with Crippen molar-refractivity contribution in [2.24, 2.45) is 17.9 Å². The molecule has 0 aliphatic heterocycles. The Bertz CT molecular complexity index is 770. The molecule has 102 valence electrons. The van der Waals surface area contributed by atoms with E-state index < -0.39 is 10.0 Å². The maximum absolute atomic E-state index is 12.1. The molecule has 0 aliphatic carbocycles. The predicted octanol–water partition coefficient (Wildman–Crippen LogP) is 1.86. The molecule has 0 saturated heterocycles. The van der Waals surface area contributed by atoms with Crippen LogP contribution in [-0.4, -0.2) is 17.6 Å². The molecule has 0 N–H and O–H groups in total. The van der Waals surface area contributed by atoms with Gasteiger partial charge in [-0.2, -0.15) is 8.42 Å². The van der Waals surface area contributed by atoms with E-state index in [2.05, 4.69) is 3.77 Å². The molecular weight excluding hydrogens is 282 g/mol. The largest absolute Gasteiger partial charge is 0.326 e. The van der Waals surface area contributed by atoms with Crippen molar-refractivity contribution < 1.29 is 8.42 Å². The number of hydrogen-bond acceptors (Lipinski definition) is 2. The van der Waals surface area contributed by atoms with E-state index in [0.717, 1.165) is 21.5 Å². The van der Waals surface area contributed by atoms with E-state index in [1.54, 1.807) is 24.3 Å². The van der Waals surface area contributed by atoms with Gasteiger partial charge < -0.3 is 9.13 Å². The monoisotopic (exact) mass is 297 g/mol. The Labute approximate surface area is 115 Å². The molecule has 2 aromatic rings. The van der Waals surface area contributed by atoms with E-state index >= 15 is 0 Å². The predicted molar refractivity (Wildman–Crippen MR) is 75.8 cm³/mol. The first-order valence-electron chi connectivity index (χ1n) is 5.62. The average molecular weight is 297 g/mol. The summed E-state index contributed by atoms with van der Waals surface area (Å²) in [5.74, 6) is 0. The Morgan fingerprint density at radius 1 is 1.05 bits per heavy atom. The molecule has 2 rings (SSSR count). The smallest absolute Gasteiger partial charge is 0.292 e. The topological polar surface area (TPSA) is 56.4 Å². The molecule has 0 bridgehead atoms. The third kappa shape index (κ3) is 3.05. The second-order valence-corrected chi connectivity index (χ2v) is 6.82. The first-order chi connectivity index (χ1) is 8.90. The first kappa shape index (κ1) is 13.8. The number of sulfonamides is 1. The molecule has 1 heterocycles. The molecule has 0 amide bonds. The van der Waals surface area contributed by atoms with Gasteiger partial charge in [0, 0.05) is 37.6 Å². The van der Waals surface area contributed by atoms with E-state index in [4.69, 9.17) is 0 Å². The van der Waals surface area contributed by atoms with E-state index in [9.17, 15) is 8.42 Å².